The first kappa shape index (κ1) is 25.9. The van der Waals surface area contributed by atoms with Gasteiger partial charge in [-0.05, 0) is 43.4 Å². The highest BCUT2D eigenvalue weighted by molar-refractivity contribution is 5.89. The van der Waals surface area contributed by atoms with Crippen LogP contribution in [0.5, 0.6) is 0 Å². The third-order valence-corrected chi connectivity index (χ3v) is 6.33. The molecular formula is C25H34FN9O2. The van der Waals surface area contributed by atoms with Gasteiger partial charge in [0.25, 0.3) is 0 Å². The van der Waals surface area contributed by atoms with Crippen LogP contribution in [0.4, 0.5) is 16.2 Å². The van der Waals surface area contributed by atoms with Gasteiger partial charge in [-0.3, -0.25) is 9.48 Å². The van der Waals surface area contributed by atoms with Crippen molar-refractivity contribution >= 4 is 17.7 Å². The van der Waals surface area contributed by atoms with Crippen LogP contribution in [-0.4, -0.2) is 40.8 Å². The fourth-order valence-corrected chi connectivity index (χ4v) is 3.84. The molecule has 3 heterocycles. The first-order valence-corrected chi connectivity index (χ1v) is 12.2. The molecule has 0 aliphatic heterocycles. The first-order chi connectivity index (χ1) is 17.9. The van der Waals surface area contributed by atoms with Crippen LogP contribution in [0.3, 0.4) is 0 Å². The molecule has 1 aliphatic rings. The topological polar surface area (TPSA) is 137 Å². The average Bonchev–Trinajstić information content (AvgIpc) is 3.35. The minimum absolute atomic E-state index is 0. The normalized spacial score (nSPS) is 13.5. The molecule has 12 heteroatoms. The van der Waals surface area contributed by atoms with Gasteiger partial charge in [0.05, 0.1) is 5.56 Å². The number of carbonyl (C=O) groups excluding carboxylic acids is 1. The van der Waals surface area contributed by atoms with Gasteiger partial charge in [-0.2, -0.15) is 15.1 Å². The number of anilines is 2. The predicted octanol–water partition coefficient (Wildman–Crippen LogP) is 4.74. The molecule has 37 heavy (non-hydrogen) atoms. The standard InChI is InChI=1S/C23H24FN9O2.C2H6.2H2/c1-4-23(8-9-23)21-30-20(35-32-21)19(34)25-11-14-5-6-15(17(24)13(14)2)18-26-12-27-22(29-18)28-16-7-10-33(3)31-16;1-2;;/h5-7,10,12H,4,8-9,11H2,1-3H3,(H,25,34)(H,26,27,28,29,31);1-2H3;2*1H. The van der Waals surface area contributed by atoms with Crippen molar-refractivity contribution in [2.24, 2.45) is 7.05 Å². The van der Waals surface area contributed by atoms with Gasteiger partial charge in [-0.1, -0.05) is 32.0 Å². The maximum absolute atomic E-state index is 15.2. The number of nitrogens with one attached hydrogen (secondary N) is 2. The monoisotopic (exact) mass is 511 g/mol. The fourth-order valence-electron chi connectivity index (χ4n) is 3.84. The Morgan fingerprint density at radius 1 is 1.22 bits per heavy atom. The van der Waals surface area contributed by atoms with E-state index in [1.165, 1.54) is 6.33 Å². The van der Waals surface area contributed by atoms with Crippen LogP contribution in [0.15, 0.2) is 35.2 Å². The molecule has 0 spiro atoms. The van der Waals surface area contributed by atoms with Crippen LogP contribution in [0.1, 0.15) is 70.5 Å². The second-order valence-electron chi connectivity index (χ2n) is 8.58. The fraction of sp³-hybridized carbons (Fsp3) is 0.400. The van der Waals surface area contributed by atoms with E-state index in [0.29, 0.717) is 22.8 Å². The van der Waals surface area contributed by atoms with Gasteiger partial charge >= 0.3 is 11.8 Å². The molecule has 1 aromatic carbocycles. The maximum Gasteiger partial charge on any atom is 0.315 e. The lowest BCUT2D eigenvalue weighted by molar-refractivity contribution is 0.0907. The van der Waals surface area contributed by atoms with E-state index < -0.39 is 11.7 Å². The van der Waals surface area contributed by atoms with Gasteiger partial charge in [0.2, 0.25) is 5.95 Å². The quantitative estimate of drug-likeness (QED) is 0.344. The van der Waals surface area contributed by atoms with Crippen LogP contribution >= 0.6 is 0 Å². The molecule has 0 unspecified atom stereocenters. The maximum atomic E-state index is 15.2. The number of nitrogens with zero attached hydrogens (tertiary/aromatic N) is 7. The van der Waals surface area contributed by atoms with Gasteiger partial charge in [0.15, 0.2) is 17.5 Å². The van der Waals surface area contributed by atoms with Crippen molar-refractivity contribution in [3.63, 3.8) is 0 Å². The van der Waals surface area contributed by atoms with Gasteiger partial charge in [0.1, 0.15) is 12.1 Å². The molecule has 11 nitrogen and oxygen atoms in total. The van der Waals surface area contributed by atoms with Gasteiger partial charge in [-0.15, -0.1) is 0 Å². The molecule has 0 saturated heterocycles. The number of benzene rings is 1. The Morgan fingerprint density at radius 2 is 2.00 bits per heavy atom. The molecule has 0 bridgehead atoms. The molecule has 1 aliphatic carbocycles. The molecular weight excluding hydrogens is 477 g/mol. The highest BCUT2D eigenvalue weighted by atomic mass is 19.1. The Kier molecular flexibility index (Phi) is 7.55. The van der Waals surface area contributed by atoms with Gasteiger partial charge in [0, 0.05) is 34.1 Å². The molecule has 5 rings (SSSR count). The number of hydrogen-bond donors (Lipinski definition) is 2. The van der Waals surface area contributed by atoms with E-state index >= 15 is 4.39 Å². The minimum atomic E-state index is -0.498. The number of hydrogen-bond acceptors (Lipinski definition) is 9. The van der Waals surface area contributed by atoms with Crippen molar-refractivity contribution in [2.45, 2.75) is 58.9 Å². The predicted molar refractivity (Wildman–Crippen MR) is 139 cm³/mol. The van der Waals surface area contributed by atoms with E-state index in [9.17, 15) is 4.79 Å². The number of rotatable bonds is 8. The third kappa shape index (κ3) is 5.47. The van der Waals surface area contributed by atoms with E-state index in [1.54, 1.807) is 43.0 Å². The lowest BCUT2D eigenvalue weighted by Gasteiger charge is -2.11. The van der Waals surface area contributed by atoms with E-state index in [0.717, 1.165) is 19.3 Å². The SMILES string of the molecule is CC.CCC1(c2noc(C(=O)NCc3ccc(-c4ncnc(Nc5ccn(C)n5)n4)c(F)c3C)n2)CC1.[HH].[HH]. The lowest BCUT2D eigenvalue weighted by atomic mass is 10.0. The zero-order chi connectivity index (χ0) is 26.6. The smallest absolute Gasteiger partial charge is 0.315 e. The molecule has 3 aromatic heterocycles. The third-order valence-electron chi connectivity index (χ3n) is 6.33. The second-order valence-corrected chi connectivity index (χ2v) is 8.58. The largest absolute Gasteiger partial charge is 0.344 e. The summed E-state index contributed by atoms with van der Waals surface area (Å²) in [6.07, 6.45) is 5.98. The lowest BCUT2D eigenvalue weighted by Crippen LogP contribution is -2.24. The molecule has 198 valence electrons. The zero-order valence-corrected chi connectivity index (χ0v) is 21.5. The number of aromatic nitrogens is 7. The molecule has 2 N–H and O–H groups in total. The first-order valence-electron chi connectivity index (χ1n) is 12.2. The summed E-state index contributed by atoms with van der Waals surface area (Å²) in [7, 11) is 1.79. The summed E-state index contributed by atoms with van der Waals surface area (Å²) in [6, 6.07) is 5.06. The summed E-state index contributed by atoms with van der Waals surface area (Å²) in [5.41, 5.74) is 1.14. The van der Waals surface area contributed by atoms with Gasteiger partial charge < -0.3 is 15.2 Å². The Balaban J connectivity index is 0.00000130. The number of halogens is 1. The van der Waals surface area contributed by atoms with Crippen LogP contribution in [0, 0.1) is 12.7 Å². The van der Waals surface area contributed by atoms with Gasteiger partial charge in [-0.25, -0.2) is 14.4 Å². The van der Waals surface area contributed by atoms with E-state index in [1.807, 2.05) is 13.8 Å². The molecule has 0 radical (unpaired) electrons. The average molecular weight is 512 g/mol. The summed E-state index contributed by atoms with van der Waals surface area (Å²) < 4.78 is 22.0. The van der Waals surface area contributed by atoms with Crippen molar-refractivity contribution in [2.75, 3.05) is 5.32 Å². The van der Waals surface area contributed by atoms with E-state index in [-0.39, 0.29) is 38.0 Å². The Labute approximate surface area is 216 Å². The highest BCUT2D eigenvalue weighted by Gasteiger charge is 2.47. The van der Waals surface area contributed by atoms with Crippen LogP contribution in [0.25, 0.3) is 11.4 Å². The summed E-state index contributed by atoms with van der Waals surface area (Å²) in [4.78, 5) is 29.3. The Morgan fingerprint density at radius 3 is 2.68 bits per heavy atom. The summed E-state index contributed by atoms with van der Waals surface area (Å²) in [6.45, 7) is 7.80. The summed E-state index contributed by atoms with van der Waals surface area (Å²) in [5.74, 6) is 0.490. The Hall–Kier alpha value is -4.22. The van der Waals surface area contributed by atoms with Crippen molar-refractivity contribution in [3.05, 3.63) is 59.4 Å². The molecule has 1 saturated carbocycles. The molecule has 1 fully saturated rings. The van der Waals surface area contributed by atoms with Crippen LogP contribution in [-0.2, 0) is 19.0 Å². The highest BCUT2D eigenvalue weighted by Crippen LogP contribution is 2.49. The minimum Gasteiger partial charge on any atom is -0.344 e. The second kappa shape index (κ2) is 10.8. The number of amides is 1. The van der Waals surface area contributed by atoms with Crippen molar-refractivity contribution in [3.8, 4) is 11.4 Å². The number of carbonyl (C=O) groups is 1. The van der Waals surface area contributed by atoms with Crippen LogP contribution < -0.4 is 10.6 Å². The summed E-state index contributed by atoms with van der Waals surface area (Å²) >= 11 is 0. The molecule has 0 atom stereocenters. The van der Waals surface area contributed by atoms with E-state index in [4.69, 9.17) is 4.52 Å². The van der Waals surface area contributed by atoms with Crippen LogP contribution in [0.2, 0.25) is 0 Å². The van der Waals surface area contributed by atoms with Crippen molar-refractivity contribution < 1.29 is 16.6 Å². The summed E-state index contributed by atoms with van der Waals surface area (Å²) in [5, 5.41) is 13.9. The zero-order valence-electron chi connectivity index (χ0n) is 21.5. The molecule has 4 aromatic rings. The van der Waals surface area contributed by atoms with E-state index in [2.05, 4.69) is 47.7 Å². The molecule has 1 amide bonds. The number of aryl methyl sites for hydroxylation is 1. The Bertz CT molecular complexity index is 1410. The van der Waals surface area contributed by atoms with Crippen molar-refractivity contribution in [1.82, 2.24) is 40.2 Å². The van der Waals surface area contributed by atoms with Crippen molar-refractivity contribution in [1.29, 1.82) is 0 Å².